The van der Waals surface area contributed by atoms with Gasteiger partial charge in [0.1, 0.15) is 6.04 Å². The molecule has 0 aliphatic carbocycles. The van der Waals surface area contributed by atoms with Crippen molar-refractivity contribution < 1.29 is 9.90 Å². The molecular weight excluding hydrogens is 190 g/mol. The van der Waals surface area contributed by atoms with Gasteiger partial charge in [0, 0.05) is 6.54 Å². The van der Waals surface area contributed by atoms with Crippen molar-refractivity contribution in [2.24, 2.45) is 5.92 Å². The zero-order chi connectivity index (χ0) is 11.3. The second kappa shape index (κ2) is 6.11. The average Bonchev–Trinajstić information content (AvgIpc) is 2.26. The number of nitrogens with zero attached hydrogens (tertiary/aromatic N) is 1. The van der Waals surface area contributed by atoms with Crippen LogP contribution in [0.1, 0.15) is 46.0 Å². The van der Waals surface area contributed by atoms with E-state index in [0.717, 1.165) is 45.2 Å². The van der Waals surface area contributed by atoms with E-state index in [0.29, 0.717) is 5.92 Å². The fourth-order valence-corrected chi connectivity index (χ4v) is 2.37. The molecule has 1 fully saturated rings. The van der Waals surface area contributed by atoms with Gasteiger partial charge in [0.25, 0.3) is 0 Å². The summed E-state index contributed by atoms with van der Waals surface area (Å²) in [6.07, 6.45) is 5.36. The highest BCUT2D eigenvalue weighted by Crippen LogP contribution is 2.20. The molecule has 3 nitrogen and oxygen atoms in total. The Hall–Kier alpha value is -0.570. The molecule has 1 aliphatic heterocycles. The van der Waals surface area contributed by atoms with Crippen molar-refractivity contribution in [1.29, 1.82) is 0 Å². The number of carboxylic acids is 1. The maximum atomic E-state index is 11.1. The van der Waals surface area contributed by atoms with Crippen molar-refractivity contribution in [3.8, 4) is 0 Å². The van der Waals surface area contributed by atoms with Crippen LogP contribution in [0.2, 0.25) is 0 Å². The van der Waals surface area contributed by atoms with Gasteiger partial charge in [-0.05, 0) is 25.3 Å². The summed E-state index contributed by atoms with van der Waals surface area (Å²) < 4.78 is 0. The molecule has 0 spiro atoms. The predicted octanol–water partition coefficient (Wildman–Crippen LogP) is 2.36. The van der Waals surface area contributed by atoms with Crippen molar-refractivity contribution in [2.45, 2.75) is 52.0 Å². The molecule has 1 atom stereocenters. The summed E-state index contributed by atoms with van der Waals surface area (Å²) in [4.78, 5) is 13.3. The molecule has 0 aromatic heterocycles. The Morgan fingerprint density at radius 3 is 2.60 bits per heavy atom. The van der Waals surface area contributed by atoms with E-state index < -0.39 is 5.97 Å². The van der Waals surface area contributed by atoms with E-state index in [1.165, 1.54) is 0 Å². The second-order valence-electron chi connectivity index (χ2n) is 4.53. The lowest BCUT2D eigenvalue weighted by Gasteiger charge is -2.35. The Kier molecular flexibility index (Phi) is 5.09. The van der Waals surface area contributed by atoms with Gasteiger partial charge in [0.15, 0.2) is 0 Å². The summed E-state index contributed by atoms with van der Waals surface area (Å²) in [6.45, 7) is 6.30. The van der Waals surface area contributed by atoms with Crippen LogP contribution in [0.15, 0.2) is 0 Å². The monoisotopic (exact) mass is 213 g/mol. The van der Waals surface area contributed by atoms with Crippen LogP contribution < -0.4 is 0 Å². The molecular formula is C12H23NO2. The van der Waals surface area contributed by atoms with Gasteiger partial charge in [0.05, 0.1) is 0 Å². The number of hydrogen-bond acceptors (Lipinski definition) is 2. The van der Waals surface area contributed by atoms with Crippen LogP contribution in [-0.2, 0) is 4.79 Å². The fourth-order valence-electron chi connectivity index (χ4n) is 2.37. The lowest BCUT2D eigenvalue weighted by molar-refractivity contribution is -0.144. The minimum atomic E-state index is -0.638. The molecule has 1 aliphatic rings. The van der Waals surface area contributed by atoms with Crippen LogP contribution in [-0.4, -0.2) is 35.1 Å². The number of hydrogen-bond donors (Lipinski definition) is 1. The van der Waals surface area contributed by atoms with Crippen LogP contribution in [0.4, 0.5) is 0 Å². The van der Waals surface area contributed by atoms with Crippen LogP contribution >= 0.6 is 0 Å². The summed E-state index contributed by atoms with van der Waals surface area (Å²) in [5.74, 6) is 0.0191. The summed E-state index contributed by atoms with van der Waals surface area (Å²) in [5, 5.41) is 9.13. The Morgan fingerprint density at radius 1 is 1.40 bits per heavy atom. The molecule has 15 heavy (non-hydrogen) atoms. The van der Waals surface area contributed by atoms with Crippen molar-refractivity contribution >= 4 is 5.97 Å². The van der Waals surface area contributed by atoms with Gasteiger partial charge in [-0.25, -0.2) is 0 Å². The first kappa shape index (κ1) is 12.5. The fraction of sp³-hybridized carbons (Fsp3) is 0.917. The molecule has 0 aromatic rings. The summed E-state index contributed by atoms with van der Waals surface area (Å²) in [7, 11) is 0. The van der Waals surface area contributed by atoms with E-state index in [1.807, 2.05) is 0 Å². The van der Waals surface area contributed by atoms with E-state index in [2.05, 4.69) is 18.7 Å². The quantitative estimate of drug-likeness (QED) is 0.762. The molecule has 88 valence electrons. The maximum absolute atomic E-state index is 11.1. The van der Waals surface area contributed by atoms with Gasteiger partial charge in [0.2, 0.25) is 0 Å². The Balaban J connectivity index is 2.52. The van der Waals surface area contributed by atoms with E-state index in [4.69, 9.17) is 5.11 Å². The van der Waals surface area contributed by atoms with Gasteiger partial charge in [-0.15, -0.1) is 0 Å². The molecule has 0 saturated carbocycles. The molecule has 1 heterocycles. The van der Waals surface area contributed by atoms with Crippen molar-refractivity contribution in [3.63, 3.8) is 0 Å². The third kappa shape index (κ3) is 3.49. The smallest absolute Gasteiger partial charge is 0.320 e. The highest BCUT2D eigenvalue weighted by atomic mass is 16.4. The summed E-state index contributed by atoms with van der Waals surface area (Å²) >= 11 is 0. The predicted molar refractivity (Wildman–Crippen MR) is 60.9 cm³/mol. The third-order valence-corrected chi connectivity index (χ3v) is 3.55. The maximum Gasteiger partial charge on any atom is 0.320 e. The molecule has 3 heteroatoms. The zero-order valence-corrected chi connectivity index (χ0v) is 9.91. The SMILES string of the molecule is CCC(CC)CN1CCCCC1C(=O)O. The first-order valence-corrected chi connectivity index (χ1v) is 6.15. The lowest BCUT2D eigenvalue weighted by Crippen LogP contribution is -2.46. The third-order valence-electron chi connectivity index (χ3n) is 3.55. The lowest BCUT2D eigenvalue weighted by atomic mass is 9.97. The van der Waals surface area contributed by atoms with E-state index >= 15 is 0 Å². The number of aliphatic carboxylic acids is 1. The highest BCUT2D eigenvalue weighted by Gasteiger charge is 2.29. The molecule has 0 bridgehead atoms. The Morgan fingerprint density at radius 2 is 2.07 bits per heavy atom. The molecule has 0 radical (unpaired) electrons. The minimum Gasteiger partial charge on any atom is -0.480 e. The largest absolute Gasteiger partial charge is 0.480 e. The highest BCUT2D eigenvalue weighted by molar-refractivity contribution is 5.73. The summed E-state index contributed by atoms with van der Waals surface area (Å²) in [6, 6.07) is -0.223. The molecule has 1 saturated heterocycles. The standard InChI is InChI=1S/C12H23NO2/c1-3-10(4-2)9-13-8-6-5-7-11(13)12(14)15/h10-11H,3-9H2,1-2H3,(H,14,15). The summed E-state index contributed by atoms with van der Waals surface area (Å²) in [5.41, 5.74) is 0. The Labute approximate surface area is 92.5 Å². The molecule has 1 rings (SSSR count). The van der Waals surface area contributed by atoms with Gasteiger partial charge < -0.3 is 5.11 Å². The van der Waals surface area contributed by atoms with E-state index in [-0.39, 0.29) is 6.04 Å². The average molecular weight is 213 g/mol. The Bertz CT molecular complexity index is 202. The van der Waals surface area contributed by atoms with Crippen LogP contribution in [0.3, 0.4) is 0 Å². The number of carbonyl (C=O) groups is 1. The van der Waals surface area contributed by atoms with Crippen molar-refractivity contribution in [3.05, 3.63) is 0 Å². The van der Waals surface area contributed by atoms with Crippen molar-refractivity contribution in [2.75, 3.05) is 13.1 Å². The van der Waals surface area contributed by atoms with Gasteiger partial charge in [-0.2, -0.15) is 0 Å². The second-order valence-corrected chi connectivity index (χ2v) is 4.53. The molecule has 0 aromatic carbocycles. The molecule has 0 amide bonds. The molecule has 1 N–H and O–H groups in total. The van der Waals surface area contributed by atoms with Gasteiger partial charge in [-0.1, -0.05) is 33.1 Å². The number of piperidine rings is 1. The van der Waals surface area contributed by atoms with E-state index in [1.54, 1.807) is 0 Å². The number of rotatable bonds is 5. The van der Waals surface area contributed by atoms with Gasteiger partial charge >= 0.3 is 5.97 Å². The van der Waals surface area contributed by atoms with Crippen LogP contribution in [0.5, 0.6) is 0 Å². The van der Waals surface area contributed by atoms with E-state index in [9.17, 15) is 4.79 Å². The normalized spacial score (nSPS) is 23.3. The van der Waals surface area contributed by atoms with Crippen LogP contribution in [0.25, 0.3) is 0 Å². The first-order chi connectivity index (χ1) is 7.19. The number of likely N-dealkylation sites (tertiary alicyclic amines) is 1. The minimum absolute atomic E-state index is 0.223. The molecule has 1 unspecified atom stereocenters. The number of carboxylic acid groups (broad SMARTS) is 1. The zero-order valence-electron chi connectivity index (χ0n) is 9.91. The van der Waals surface area contributed by atoms with Crippen LogP contribution in [0, 0.1) is 5.92 Å². The van der Waals surface area contributed by atoms with Crippen molar-refractivity contribution in [1.82, 2.24) is 4.90 Å². The first-order valence-electron chi connectivity index (χ1n) is 6.15. The topological polar surface area (TPSA) is 40.5 Å². The van der Waals surface area contributed by atoms with Gasteiger partial charge in [-0.3, -0.25) is 9.69 Å².